The van der Waals surface area contributed by atoms with Gasteiger partial charge in [0.05, 0.1) is 15.8 Å². The Balaban J connectivity index is 1.97. The van der Waals surface area contributed by atoms with E-state index >= 15 is 0 Å². The first-order valence-electron chi connectivity index (χ1n) is 4.99. The molecule has 2 rings (SSSR count). The number of nitrogens with one attached hydrogen (secondary N) is 2. The van der Waals surface area contributed by atoms with Crippen molar-refractivity contribution in [2.75, 3.05) is 17.6 Å². The van der Waals surface area contributed by atoms with E-state index in [4.69, 9.17) is 5.73 Å². The van der Waals surface area contributed by atoms with Crippen LogP contribution in [0, 0.1) is 5.82 Å². The van der Waals surface area contributed by atoms with E-state index in [0.717, 1.165) is 5.82 Å². The van der Waals surface area contributed by atoms with Gasteiger partial charge < -0.3 is 11.1 Å². The first-order valence-corrected chi connectivity index (χ1v) is 5.79. The number of H-pyrrole nitrogens is 1. The summed E-state index contributed by atoms with van der Waals surface area (Å²) in [5.74, 6) is 0.417. The van der Waals surface area contributed by atoms with Crippen LogP contribution >= 0.6 is 15.9 Å². The zero-order valence-corrected chi connectivity index (χ0v) is 10.5. The lowest BCUT2D eigenvalue weighted by Gasteiger charge is -2.09. The Kier molecular flexibility index (Phi) is 3.58. The molecule has 0 bridgehead atoms. The first-order chi connectivity index (χ1) is 8.16. The second-order valence-corrected chi connectivity index (χ2v) is 4.32. The normalized spacial score (nSPS) is 10.5. The standard InChI is InChI=1S/C10H11BrFN5/c11-6-3-9(8(13)4-7(6)12)14-2-1-10-15-5-16-17-10/h3-5,14H,1-2,13H2,(H,15,16,17). The van der Waals surface area contributed by atoms with Gasteiger partial charge in [-0.15, -0.1) is 0 Å². The average molecular weight is 300 g/mol. The van der Waals surface area contributed by atoms with Crippen LogP contribution in [0.2, 0.25) is 0 Å². The maximum absolute atomic E-state index is 13.1. The van der Waals surface area contributed by atoms with Gasteiger partial charge in [-0.3, -0.25) is 5.10 Å². The van der Waals surface area contributed by atoms with Gasteiger partial charge in [-0.05, 0) is 22.0 Å². The fourth-order valence-electron chi connectivity index (χ4n) is 1.38. The second-order valence-electron chi connectivity index (χ2n) is 3.46. The maximum Gasteiger partial charge on any atom is 0.139 e. The SMILES string of the molecule is Nc1cc(F)c(Br)cc1NCCc1ncn[nH]1. The van der Waals surface area contributed by atoms with Gasteiger partial charge in [0, 0.05) is 19.0 Å². The third-order valence-electron chi connectivity index (χ3n) is 2.23. The highest BCUT2D eigenvalue weighted by molar-refractivity contribution is 9.10. The molecule has 0 amide bonds. The molecule has 0 saturated heterocycles. The number of rotatable bonds is 4. The molecule has 1 aromatic heterocycles. The van der Waals surface area contributed by atoms with Gasteiger partial charge in [0.15, 0.2) is 0 Å². The summed E-state index contributed by atoms with van der Waals surface area (Å²) in [4.78, 5) is 3.99. The van der Waals surface area contributed by atoms with Crippen molar-refractivity contribution in [3.63, 3.8) is 0 Å². The summed E-state index contributed by atoms with van der Waals surface area (Å²) < 4.78 is 13.5. The Bertz CT molecular complexity index is 500. The van der Waals surface area contributed by atoms with E-state index in [1.54, 1.807) is 6.07 Å². The van der Waals surface area contributed by atoms with Crippen molar-refractivity contribution in [3.8, 4) is 0 Å². The minimum absolute atomic E-state index is 0.372. The number of hydrogen-bond acceptors (Lipinski definition) is 4. The molecule has 2 aromatic rings. The molecule has 5 nitrogen and oxygen atoms in total. The van der Waals surface area contributed by atoms with Crippen LogP contribution < -0.4 is 11.1 Å². The van der Waals surface area contributed by atoms with Crippen LogP contribution in [0.25, 0.3) is 0 Å². The summed E-state index contributed by atoms with van der Waals surface area (Å²) in [6.07, 6.45) is 2.15. The lowest BCUT2D eigenvalue weighted by Crippen LogP contribution is -2.08. The summed E-state index contributed by atoms with van der Waals surface area (Å²) in [5, 5.41) is 9.61. The highest BCUT2D eigenvalue weighted by Crippen LogP contribution is 2.26. The Morgan fingerprint density at radius 2 is 2.29 bits per heavy atom. The monoisotopic (exact) mass is 299 g/mol. The molecule has 0 radical (unpaired) electrons. The van der Waals surface area contributed by atoms with E-state index < -0.39 is 0 Å². The number of benzene rings is 1. The topological polar surface area (TPSA) is 79.6 Å². The molecule has 1 aromatic carbocycles. The molecule has 0 spiro atoms. The van der Waals surface area contributed by atoms with Crippen LogP contribution in [0.4, 0.5) is 15.8 Å². The van der Waals surface area contributed by atoms with Crippen LogP contribution in [-0.4, -0.2) is 21.7 Å². The van der Waals surface area contributed by atoms with Crippen LogP contribution in [0.3, 0.4) is 0 Å². The van der Waals surface area contributed by atoms with Gasteiger partial charge in [0.1, 0.15) is 18.0 Å². The Morgan fingerprint density at radius 1 is 1.47 bits per heavy atom. The van der Waals surface area contributed by atoms with E-state index in [9.17, 15) is 4.39 Å². The molecule has 17 heavy (non-hydrogen) atoms. The molecule has 4 N–H and O–H groups in total. The number of aromatic nitrogens is 3. The maximum atomic E-state index is 13.1. The summed E-state index contributed by atoms with van der Waals surface area (Å²) in [5.41, 5.74) is 6.76. The molecular formula is C10H11BrFN5. The van der Waals surface area contributed by atoms with Crippen LogP contribution in [-0.2, 0) is 6.42 Å². The van der Waals surface area contributed by atoms with Gasteiger partial charge in [-0.1, -0.05) is 0 Å². The molecule has 0 atom stereocenters. The predicted molar refractivity (Wildman–Crippen MR) is 67.1 cm³/mol. The van der Waals surface area contributed by atoms with Gasteiger partial charge in [-0.25, -0.2) is 9.37 Å². The highest BCUT2D eigenvalue weighted by Gasteiger charge is 2.05. The average Bonchev–Trinajstić information content (AvgIpc) is 2.78. The fourth-order valence-corrected chi connectivity index (χ4v) is 1.73. The zero-order chi connectivity index (χ0) is 12.3. The minimum atomic E-state index is -0.372. The molecular weight excluding hydrogens is 289 g/mol. The number of nitrogens with two attached hydrogens (primary N) is 1. The van der Waals surface area contributed by atoms with Crippen LogP contribution in [0.15, 0.2) is 22.9 Å². The lowest BCUT2D eigenvalue weighted by molar-refractivity contribution is 0.622. The van der Waals surface area contributed by atoms with E-state index in [1.165, 1.54) is 12.4 Å². The summed E-state index contributed by atoms with van der Waals surface area (Å²) in [7, 11) is 0. The number of anilines is 2. The molecule has 0 aliphatic carbocycles. The number of hydrogen-bond donors (Lipinski definition) is 3. The Hall–Kier alpha value is -1.63. The van der Waals surface area contributed by atoms with E-state index in [2.05, 4.69) is 36.4 Å². The van der Waals surface area contributed by atoms with Crippen molar-refractivity contribution in [2.24, 2.45) is 0 Å². The quantitative estimate of drug-likeness (QED) is 0.754. The molecule has 0 aliphatic heterocycles. The van der Waals surface area contributed by atoms with Gasteiger partial charge in [0.25, 0.3) is 0 Å². The largest absolute Gasteiger partial charge is 0.397 e. The third kappa shape index (κ3) is 2.94. The highest BCUT2D eigenvalue weighted by atomic mass is 79.9. The van der Waals surface area contributed by atoms with E-state index in [0.29, 0.717) is 28.8 Å². The van der Waals surface area contributed by atoms with Gasteiger partial charge in [-0.2, -0.15) is 5.10 Å². The van der Waals surface area contributed by atoms with Gasteiger partial charge in [0.2, 0.25) is 0 Å². The molecule has 90 valence electrons. The van der Waals surface area contributed by atoms with E-state index in [1.807, 2.05) is 0 Å². The zero-order valence-electron chi connectivity index (χ0n) is 8.87. The third-order valence-corrected chi connectivity index (χ3v) is 2.84. The molecule has 1 heterocycles. The van der Waals surface area contributed by atoms with Crippen LogP contribution in [0.5, 0.6) is 0 Å². The van der Waals surface area contributed by atoms with Crippen molar-refractivity contribution in [1.82, 2.24) is 15.2 Å². The lowest BCUT2D eigenvalue weighted by atomic mass is 10.2. The Morgan fingerprint density at radius 3 is 3.00 bits per heavy atom. The van der Waals surface area contributed by atoms with Crippen molar-refractivity contribution < 1.29 is 4.39 Å². The van der Waals surface area contributed by atoms with Crippen LogP contribution in [0.1, 0.15) is 5.82 Å². The van der Waals surface area contributed by atoms with Crippen molar-refractivity contribution in [3.05, 3.63) is 34.6 Å². The van der Waals surface area contributed by atoms with Crippen molar-refractivity contribution in [1.29, 1.82) is 0 Å². The number of aromatic amines is 1. The number of nitrogen functional groups attached to an aromatic ring is 1. The second kappa shape index (κ2) is 5.13. The molecule has 0 unspecified atom stereocenters. The fraction of sp³-hybridized carbons (Fsp3) is 0.200. The summed E-state index contributed by atoms with van der Waals surface area (Å²) in [6, 6.07) is 2.89. The smallest absolute Gasteiger partial charge is 0.139 e. The van der Waals surface area contributed by atoms with E-state index in [-0.39, 0.29) is 5.82 Å². The minimum Gasteiger partial charge on any atom is -0.397 e. The van der Waals surface area contributed by atoms with Gasteiger partial charge >= 0.3 is 0 Å². The van der Waals surface area contributed by atoms with Crippen molar-refractivity contribution in [2.45, 2.75) is 6.42 Å². The molecule has 0 aliphatic rings. The molecule has 0 fully saturated rings. The van der Waals surface area contributed by atoms with Crippen molar-refractivity contribution >= 4 is 27.3 Å². The Labute approximate surface area is 106 Å². The number of nitrogens with zero attached hydrogens (tertiary/aromatic N) is 2. The molecule has 7 heteroatoms. The number of halogens is 2. The first kappa shape index (κ1) is 11.8. The summed E-state index contributed by atoms with van der Waals surface area (Å²) in [6.45, 7) is 0.636. The summed E-state index contributed by atoms with van der Waals surface area (Å²) >= 11 is 3.11. The predicted octanol–water partition coefficient (Wildman–Crippen LogP) is 1.94. The molecule has 0 saturated carbocycles.